The van der Waals surface area contributed by atoms with Crippen molar-refractivity contribution in [1.82, 2.24) is 14.3 Å². The van der Waals surface area contributed by atoms with Gasteiger partial charge in [0.15, 0.2) is 0 Å². The van der Waals surface area contributed by atoms with Gasteiger partial charge in [-0.1, -0.05) is 12.0 Å². The summed E-state index contributed by atoms with van der Waals surface area (Å²) in [5.41, 5.74) is 0.387. The van der Waals surface area contributed by atoms with Crippen molar-refractivity contribution in [2.45, 2.75) is 43.4 Å². The molecule has 0 aliphatic carbocycles. The lowest BCUT2D eigenvalue weighted by molar-refractivity contribution is -0.00731. The normalized spacial score (nSPS) is 28.5. The molecule has 1 N–H and O–H groups in total. The van der Waals surface area contributed by atoms with Gasteiger partial charge in [-0.25, -0.2) is 9.78 Å². The Morgan fingerprint density at radius 2 is 2.12 bits per heavy atom. The smallest absolute Gasteiger partial charge is 0.409 e. The van der Waals surface area contributed by atoms with Crippen molar-refractivity contribution in [3.05, 3.63) is 36.3 Å². The van der Waals surface area contributed by atoms with Gasteiger partial charge >= 0.3 is 6.09 Å². The summed E-state index contributed by atoms with van der Waals surface area (Å²) < 4.78 is 6.76. The van der Waals surface area contributed by atoms with Gasteiger partial charge in [-0.05, 0) is 30.9 Å². The van der Waals surface area contributed by atoms with Gasteiger partial charge in [0.05, 0.1) is 7.11 Å². The molecule has 2 aromatic rings. The second-order valence-electron chi connectivity index (χ2n) is 6.54. The number of piperidine rings is 1. The van der Waals surface area contributed by atoms with Gasteiger partial charge in [0.2, 0.25) is 0 Å². The molecule has 6 nitrogen and oxygen atoms in total. The molecule has 4 rings (SSSR count). The van der Waals surface area contributed by atoms with E-state index >= 15 is 0 Å². The molecule has 2 aromatic heterocycles. The van der Waals surface area contributed by atoms with Crippen molar-refractivity contribution in [3.63, 3.8) is 0 Å². The van der Waals surface area contributed by atoms with E-state index in [9.17, 15) is 9.90 Å². The number of amides is 1. The number of rotatable bonds is 0. The molecule has 2 bridgehead atoms. The third-order valence-electron chi connectivity index (χ3n) is 4.94. The first kappa shape index (κ1) is 15.0. The minimum atomic E-state index is -1.08. The number of fused-ring (bicyclic) bond motifs is 3. The quantitative estimate of drug-likeness (QED) is 0.750. The molecule has 2 fully saturated rings. The number of nitrogens with zero attached hydrogens (tertiary/aromatic N) is 3. The van der Waals surface area contributed by atoms with Gasteiger partial charge in [0.1, 0.15) is 16.9 Å². The highest BCUT2D eigenvalue weighted by Gasteiger charge is 2.49. The number of hydrogen-bond donors (Lipinski definition) is 1. The SMILES string of the molecule is COC(=O)N1[C@@H]2CC[C@H]1CC(O)(C#Cc1cn3ccccc3n1)C2. The molecule has 24 heavy (non-hydrogen) atoms. The summed E-state index contributed by atoms with van der Waals surface area (Å²) in [6.45, 7) is 0. The lowest BCUT2D eigenvalue weighted by Crippen LogP contribution is -2.52. The number of aliphatic hydroxyl groups is 1. The second-order valence-corrected chi connectivity index (χ2v) is 6.54. The van der Waals surface area contributed by atoms with Crippen LogP contribution in [0.4, 0.5) is 4.79 Å². The molecule has 3 atom stereocenters. The zero-order chi connectivity index (χ0) is 16.7. The van der Waals surface area contributed by atoms with Crippen LogP contribution < -0.4 is 0 Å². The van der Waals surface area contributed by atoms with Crippen LogP contribution in [0.3, 0.4) is 0 Å². The van der Waals surface area contributed by atoms with Gasteiger partial charge in [-0.2, -0.15) is 0 Å². The van der Waals surface area contributed by atoms with Crippen LogP contribution in [0, 0.1) is 11.8 Å². The summed E-state index contributed by atoms with van der Waals surface area (Å²) >= 11 is 0. The lowest BCUT2D eigenvalue weighted by atomic mass is 9.86. The Labute approximate surface area is 140 Å². The average Bonchev–Trinajstić information content (AvgIpc) is 3.12. The van der Waals surface area contributed by atoms with Gasteiger partial charge < -0.3 is 19.1 Å². The first-order valence-corrected chi connectivity index (χ1v) is 8.13. The van der Waals surface area contributed by atoms with Crippen LogP contribution in [-0.2, 0) is 4.74 Å². The molecule has 6 heteroatoms. The summed E-state index contributed by atoms with van der Waals surface area (Å²) in [6.07, 6.45) is 6.15. The van der Waals surface area contributed by atoms with E-state index < -0.39 is 5.60 Å². The number of hydrogen-bond acceptors (Lipinski definition) is 4. The Kier molecular flexibility index (Phi) is 3.47. The fourth-order valence-electron chi connectivity index (χ4n) is 3.91. The molecule has 0 aromatic carbocycles. The van der Waals surface area contributed by atoms with Crippen LogP contribution in [-0.4, -0.2) is 50.3 Å². The van der Waals surface area contributed by atoms with Crippen molar-refractivity contribution in [2.75, 3.05) is 7.11 Å². The third-order valence-corrected chi connectivity index (χ3v) is 4.94. The Morgan fingerprint density at radius 3 is 2.79 bits per heavy atom. The highest BCUT2D eigenvalue weighted by Crippen LogP contribution is 2.40. The first-order chi connectivity index (χ1) is 11.6. The standard InChI is InChI=1S/C18H19N3O3/c1-24-17(22)21-14-5-6-15(21)11-18(23,10-14)8-7-13-12-20-9-3-2-4-16(20)19-13/h2-4,9,12,14-15,23H,5-6,10-11H2,1H3/t14-,15+,18?. The average molecular weight is 325 g/mol. The molecule has 2 saturated heterocycles. The molecule has 4 heterocycles. The largest absolute Gasteiger partial charge is 0.453 e. The minimum Gasteiger partial charge on any atom is -0.453 e. The second kappa shape index (κ2) is 5.53. The summed E-state index contributed by atoms with van der Waals surface area (Å²) in [4.78, 5) is 18.1. The van der Waals surface area contributed by atoms with Crippen LogP contribution in [0.1, 0.15) is 31.4 Å². The molecule has 2 aliphatic rings. The van der Waals surface area contributed by atoms with E-state index in [1.165, 1.54) is 7.11 Å². The molecule has 1 amide bonds. The predicted molar refractivity (Wildman–Crippen MR) is 87.3 cm³/mol. The lowest BCUT2D eigenvalue weighted by Gasteiger charge is -2.40. The minimum absolute atomic E-state index is 0.00318. The van der Waals surface area contributed by atoms with Crippen LogP contribution in [0.2, 0.25) is 0 Å². The maximum absolute atomic E-state index is 11.9. The number of methoxy groups -OCH3 is 1. The van der Waals surface area contributed by atoms with Crippen molar-refractivity contribution in [3.8, 4) is 11.8 Å². The van der Waals surface area contributed by atoms with E-state index in [2.05, 4.69) is 16.8 Å². The third kappa shape index (κ3) is 2.51. The molecule has 0 spiro atoms. The van der Waals surface area contributed by atoms with Gasteiger partial charge in [0, 0.05) is 37.3 Å². The van der Waals surface area contributed by atoms with Crippen LogP contribution >= 0.6 is 0 Å². The van der Waals surface area contributed by atoms with E-state index in [-0.39, 0.29) is 18.2 Å². The van der Waals surface area contributed by atoms with Crippen LogP contribution in [0.15, 0.2) is 30.6 Å². The number of ether oxygens (including phenoxy) is 1. The van der Waals surface area contributed by atoms with E-state index in [1.807, 2.05) is 35.0 Å². The summed E-state index contributed by atoms with van der Waals surface area (Å²) in [5, 5.41) is 10.9. The molecule has 0 saturated carbocycles. The summed E-state index contributed by atoms with van der Waals surface area (Å²) in [5.74, 6) is 6.01. The molecule has 1 unspecified atom stereocenters. The molecule has 0 radical (unpaired) electrons. The van der Waals surface area contributed by atoms with Crippen LogP contribution in [0.5, 0.6) is 0 Å². The van der Waals surface area contributed by atoms with E-state index in [0.717, 1.165) is 18.5 Å². The Bertz CT molecular complexity index is 801. The van der Waals surface area contributed by atoms with E-state index in [1.54, 1.807) is 4.90 Å². The fraction of sp³-hybridized carbons (Fsp3) is 0.444. The highest BCUT2D eigenvalue weighted by atomic mass is 16.5. The number of imidazole rings is 1. The van der Waals surface area contributed by atoms with Crippen molar-refractivity contribution in [2.24, 2.45) is 0 Å². The number of pyridine rings is 1. The number of aromatic nitrogens is 2. The van der Waals surface area contributed by atoms with Crippen LogP contribution in [0.25, 0.3) is 5.65 Å². The molecule has 2 aliphatic heterocycles. The maximum atomic E-state index is 11.9. The first-order valence-electron chi connectivity index (χ1n) is 8.13. The zero-order valence-electron chi connectivity index (χ0n) is 13.5. The summed E-state index contributed by atoms with van der Waals surface area (Å²) in [6, 6.07) is 5.76. The van der Waals surface area contributed by atoms with Crippen molar-refractivity contribution >= 4 is 11.7 Å². The van der Waals surface area contributed by atoms with E-state index in [0.29, 0.717) is 18.5 Å². The fourth-order valence-corrected chi connectivity index (χ4v) is 3.91. The molecular formula is C18H19N3O3. The Balaban J connectivity index is 1.57. The monoisotopic (exact) mass is 325 g/mol. The van der Waals surface area contributed by atoms with Gasteiger partial charge in [-0.3, -0.25) is 0 Å². The summed E-state index contributed by atoms with van der Waals surface area (Å²) in [7, 11) is 1.39. The Morgan fingerprint density at radius 1 is 1.38 bits per heavy atom. The molecule has 124 valence electrons. The highest BCUT2D eigenvalue weighted by molar-refractivity contribution is 5.69. The molecular weight excluding hydrogens is 306 g/mol. The van der Waals surface area contributed by atoms with Crippen molar-refractivity contribution < 1.29 is 14.6 Å². The van der Waals surface area contributed by atoms with Gasteiger partial charge in [-0.15, -0.1) is 0 Å². The van der Waals surface area contributed by atoms with E-state index in [4.69, 9.17) is 4.74 Å². The zero-order valence-corrected chi connectivity index (χ0v) is 13.5. The number of carbonyl (C=O) groups excluding carboxylic acids is 1. The Hall–Kier alpha value is -2.52. The maximum Gasteiger partial charge on any atom is 0.409 e. The number of carbonyl (C=O) groups is 1. The van der Waals surface area contributed by atoms with Crippen molar-refractivity contribution in [1.29, 1.82) is 0 Å². The van der Waals surface area contributed by atoms with Gasteiger partial charge in [0.25, 0.3) is 0 Å². The topological polar surface area (TPSA) is 67.1 Å². The predicted octanol–water partition coefficient (Wildman–Crippen LogP) is 1.81.